The quantitative estimate of drug-likeness (QED) is 0.553. The van der Waals surface area contributed by atoms with Crippen LogP contribution in [0, 0.1) is 5.82 Å². The number of benzene rings is 1. The molecule has 1 aromatic carbocycles. The Bertz CT molecular complexity index is 1220. The average molecular weight is 392 g/mol. The van der Waals surface area contributed by atoms with E-state index in [1.807, 2.05) is 0 Å². The van der Waals surface area contributed by atoms with Crippen LogP contribution in [0.4, 0.5) is 10.1 Å². The van der Waals surface area contributed by atoms with E-state index in [9.17, 15) is 14.0 Å². The Balaban J connectivity index is 1.55. The van der Waals surface area contributed by atoms with Crippen LogP contribution in [0.5, 0.6) is 0 Å². The Morgan fingerprint density at radius 2 is 2.03 bits per heavy atom. The predicted octanol–water partition coefficient (Wildman–Crippen LogP) is 2.13. The van der Waals surface area contributed by atoms with E-state index in [0.29, 0.717) is 11.3 Å². The Kier molecular flexibility index (Phi) is 4.89. The molecule has 0 unspecified atom stereocenters. The lowest BCUT2D eigenvalue weighted by atomic mass is 10.2. The van der Waals surface area contributed by atoms with Crippen LogP contribution < -0.4 is 10.9 Å². The molecule has 3 aromatic heterocycles. The number of nitrogens with one attached hydrogen (secondary N) is 1. The summed E-state index contributed by atoms with van der Waals surface area (Å²) >= 11 is 0. The molecule has 0 radical (unpaired) electrons. The number of anilines is 1. The van der Waals surface area contributed by atoms with Gasteiger partial charge in [-0.05, 0) is 18.2 Å². The monoisotopic (exact) mass is 392 g/mol. The predicted molar refractivity (Wildman–Crippen MR) is 100 cm³/mol. The SMILES string of the molecule is O=C(Cn1cc(-c2nc(-c3cnccn3)no2)ccc1=O)Nc1ccccc1F. The van der Waals surface area contributed by atoms with E-state index in [4.69, 9.17) is 4.52 Å². The van der Waals surface area contributed by atoms with Gasteiger partial charge in [-0.25, -0.2) is 9.37 Å². The summed E-state index contributed by atoms with van der Waals surface area (Å²) in [6, 6.07) is 8.54. The number of pyridine rings is 1. The van der Waals surface area contributed by atoms with Crippen molar-refractivity contribution in [3.63, 3.8) is 0 Å². The second-order valence-electron chi connectivity index (χ2n) is 5.93. The summed E-state index contributed by atoms with van der Waals surface area (Å²) in [4.78, 5) is 36.6. The van der Waals surface area contributed by atoms with E-state index in [0.717, 1.165) is 4.57 Å². The third-order valence-electron chi connectivity index (χ3n) is 3.91. The van der Waals surface area contributed by atoms with Crippen LogP contribution >= 0.6 is 0 Å². The molecule has 0 saturated carbocycles. The summed E-state index contributed by atoms with van der Waals surface area (Å²) in [5.74, 6) is -0.735. The summed E-state index contributed by atoms with van der Waals surface area (Å²) in [5.41, 5.74) is 0.490. The first-order valence-corrected chi connectivity index (χ1v) is 8.45. The van der Waals surface area contributed by atoms with Gasteiger partial charge in [0.05, 0.1) is 17.4 Å². The van der Waals surface area contributed by atoms with Crippen molar-refractivity contribution in [1.29, 1.82) is 0 Å². The number of carbonyl (C=O) groups is 1. The summed E-state index contributed by atoms with van der Waals surface area (Å²) in [7, 11) is 0. The molecule has 1 N–H and O–H groups in total. The zero-order chi connectivity index (χ0) is 20.2. The molecular formula is C19H13FN6O3. The van der Waals surface area contributed by atoms with Crippen LogP contribution in [0.2, 0.25) is 0 Å². The van der Waals surface area contributed by atoms with Crippen molar-refractivity contribution >= 4 is 11.6 Å². The Labute approximate surface area is 162 Å². The molecule has 4 aromatic rings. The molecule has 3 heterocycles. The lowest BCUT2D eigenvalue weighted by Gasteiger charge is -2.08. The number of hydrogen-bond donors (Lipinski definition) is 1. The summed E-state index contributed by atoms with van der Waals surface area (Å²) < 4.78 is 20.1. The average Bonchev–Trinajstić information content (AvgIpc) is 3.22. The van der Waals surface area contributed by atoms with Crippen molar-refractivity contribution in [3.8, 4) is 23.0 Å². The summed E-state index contributed by atoms with van der Waals surface area (Å²) in [6.07, 6.45) is 5.92. The first kappa shape index (κ1) is 18.2. The molecule has 4 rings (SSSR count). The number of carbonyl (C=O) groups excluding carboxylic acids is 1. The Morgan fingerprint density at radius 1 is 1.17 bits per heavy atom. The highest BCUT2D eigenvalue weighted by Crippen LogP contribution is 2.19. The second-order valence-corrected chi connectivity index (χ2v) is 5.93. The van der Waals surface area contributed by atoms with Crippen LogP contribution in [-0.4, -0.2) is 30.6 Å². The second kappa shape index (κ2) is 7.80. The van der Waals surface area contributed by atoms with Gasteiger partial charge in [0.1, 0.15) is 18.1 Å². The highest BCUT2D eigenvalue weighted by molar-refractivity contribution is 5.90. The van der Waals surface area contributed by atoms with E-state index in [-0.39, 0.29) is 23.9 Å². The fourth-order valence-electron chi connectivity index (χ4n) is 2.55. The number of halogens is 1. The molecular weight excluding hydrogens is 379 g/mol. The van der Waals surface area contributed by atoms with Gasteiger partial charge >= 0.3 is 0 Å². The van der Waals surface area contributed by atoms with Gasteiger partial charge in [0, 0.05) is 24.7 Å². The van der Waals surface area contributed by atoms with Gasteiger partial charge in [-0.15, -0.1) is 0 Å². The fourth-order valence-corrected chi connectivity index (χ4v) is 2.55. The minimum absolute atomic E-state index is 0.0345. The normalized spacial score (nSPS) is 10.7. The number of amides is 1. The maximum absolute atomic E-state index is 13.7. The molecule has 0 fully saturated rings. The number of nitrogens with zero attached hydrogens (tertiary/aromatic N) is 5. The van der Waals surface area contributed by atoms with E-state index >= 15 is 0 Å². The molecule has 144 valence electrons. The van der Waals surface area contributed by atoms with Gasteiger partial charge in [0.15, 0.2) is 0 Å². The van der Waals surface area contributed by atoms with Gasteiger partial charge in [-0.1, -0.05) is 17.3 Å². The first-order chi connectivity index (χ1) is 14.1. The van der Waals surface area contributed by atoms with Crippen molar-refractivity contribution in [2.24, 2.45) is 0 Å². The lowest BCUT2D eigenvalue weighted by molar-refractivity contribution is -0.116. The van der Waals surface area contributed by atoms with Crippen molar-refractivity contribution in [3.05, 3.63) is 77.4 Å². The molecule has 0 aliphatic carbocycles. The minimum atomic E-state index is -0.565. The van der Waals surface area contributed by atoms with Gasteiger partial charge in [-0.2, -0.15) is 4.98 Å². The molecule has 1 amide bonds. The zero-order valence-corrected chi connectivity index (χ0v) is 14.8. The minimum Gasteiger partial charge on any atom is -0.333 e. The summed E-state index contributed by atoms with van der Waals surface area (Å²) in [5, 5.41) is 6.27. The topological polar surface area (TPSA) is 116 Å². The molecule has 0 saturated heterocycles. The van der Waals surface area contributed by atoms with Crippen LogP contribution in [0.25, 0.3) is 23.0 Å². The Hall–Kier alpha value is -4.21. The molecule has 0 bridgehead atoms. The van der Waals surface area contributed by atoms with Crippen molar-refractivity contribution < 1.29 is 13.7 Å². The highest BCUT2D eigenvalue weighted by atomic mass is 19.1. The van der Waals surface area contributed by atoms with Gasteiger partial charge in [0.25, 0.3) is 11.4 Å². The molecule has 10 heteroatoms. The molecule has 0 aliphatic rings. The molecule has 9 nitrogen and oxygen atoms in total. The van der Waals surface area contributed by atoms with Crippen LogP contribution in [-0.2, 0) is 11.3 Å². The molecule has 29 heavy (non-hydrogen) atoms. The van der Waals surface area contributed by atoms with Crippen LogP contribution in [0.3, 0.4) is 0 Å². The fraction of sp³-hybridized carbons (Fsp3) is 0.0526. The third-order valence-corrected chi connectivity index (χ3v) is 3.91. The lowest BCUT2D eigenvalue weighted by Crippen LogP contribution is -2.27. The smallest absolute Gasteiger partial charge is 0.259 e. The zero-order valence-electron chi connectivity index (χ0n) is 14.8. The van der Waals surface area contributed by atoms with Gasteiger partial charge in [-0.3, -0.25) is 14.6 Å². The van der Waals surface area contributed by atoms with E-state index in [1.165, 1.54) is 55.1 Å². The molecule has 0 aliphatic heterocycles. The van der Waals surface area contributed by atoms with Crippen molar-refractivity contribution in [2.45, 2.75) is 6.54 Å². The summed E-state index contributed by atoms with van der Waals surface area (Å²) in [6.45, 7) is -0.313. The number of hydrogen-bond acceptors (Lipinski definition) is 7. The highest BCUT2D eigenvalue weighted by Gasteiger charge is 2.14. The molecule has 0 spiro atoms. The van der Waals surface area contributed by atoms with E-state index < -0.39 is 17.3 Å². The van der Waals surface area contributed by atoms with Crippen molar-refractivity contribution in [1.82, 2.24) is 24.7 Å². The number of rotatable bonds is 5. The van der Waals surface area contributed by atoms with E-state index in [1.54, 1.807) is 6.07 Å². The largest absolute Gasteiger partial charge is 0.333 e. The Morgan fingerprint density at radius 3 is 2.83 bits per heavy atom. The number of aromatic nitrogens is 5. The first-order valence-electron chi connectivity index (χ1n) is 8.45. The van der Waals surface area contributed by atoms with Gasteiger partial charge in [0.2, 0.25) is 11.7 Å². The maximum atomic E-state index is 13.7. The van der Waals surface area contributed by atoms with Gasteiger partial charge < -0.3 is 14.4 Å². The van der Waals surface area contributed by atoms with Crippen LogP contribution in [0.1, 0.15) is 0 Å². The maximum Gasteiger partial charge on any atom is 0.259 e. The molecule has 0 atom stereocenters. The third kappa shape index (κ3) is 4.05. The number of para-hydroxylation sites is 1. The van der Waals surface area contributed by atoms with Crippen molar-refractivity contribution in [2.75, 3.05) is 5.32 Å². The van der Waals surface area contributed by atoms with Crippen LogP contribution in [0.15, 0.2) is 70.5 Å². The standard InChI is InChI=1S/C19H13FN6O3/c20-13-3-1-2-4-14(13)23-16(27)11-26-10-12(5-6-17(26)28)19-24-18(25-29-19)15-9-21-7-8-22-15/h1-10H,11H2,(H,23,27). The van der Waals surface area contributed by atoms with E-state index in [2.05, 4.69) is 25.4 Å².